The topological polar surface area (TPSA) is 116 Å². The molecule has 0 aromatic carbocycles. The van der Waals surface area contributed by atoms with Crippen LogP contribution in [0.3, 0.4) is 0 Å². The number of carbonyl (C=O) groups is 2. The Bertz CT molecular complexity index is 910. The molecule has 1 amide bonds. The highest BCUT2D eigenvalue weighted by Gasteiger charge is 2.61. The van der Waals surface area contributed by atoms with E-state index < -0.39 is 29.7 Å². The first-order chi connectivity index (χ1) is 17.4. The van der Waals surface area contributed by atoms with Crippen LogP contribution in [0, 0.1) is 5.92 Å². The van der Waals surface area contributed by atoms with Crippen LogP contribution in [0.5, 0.6) is 0 Å². The Morgan fingerprint density at radius 3 is 2.57 bits per heavy atom. The average molecular weight is 522 g/mol. The van der Waals surface area contributed by atoms with Crippen molar-refractivity contribution in [3.63, 3.8) is 0 Å². The fourth-order valence-electron chi connectivity index (χ4n) is 5.06. The Balaban J connectivity index is 1.50. The van der Waals surface area contributed by atoms with E-state index in [9.17, 15) is 14.7 Å². The zero-order chi connectivity index (χ0) is 27.4. The summed E-state index contributed by atoms with van der Waals surface area (Å²) in [5.41, 5.74) is 0.455. The summed E-state index contributed by atoms with van der Waals surface area (Å²) in [5.74, 6) is -1.18. The van der Waals surface area contributed by atoms with Crippen LogP contribution in [-0.4, -0.2) is 78.6 Å². The second-order valence-electron chi connectivity index (χ2n) is 10.8. The van der Waals surface area contributed by atoms with Crippen LogP contribution in [0.2, 0.25) is 0 Å². The first-order valence-electron chi connectivity index (χ1n) is 13.1. The predicted molar refractivity (Wildman–Crippen MR) is 138 cm³/mol. The van der Waals surface area contributed by atoms with Crippen LogP contribution >= 0.6 is 0 Å². The van der Waals surface area contributed by atoms with Crippen molar-refractivity contribution in [1.29, 1.82) is 0 Å². The minimum Gasteiger partial charge on any atom is -0.459 e. The zero-order valence-electron chi connectivity index (χ0n) is 23.1. The third-order valence-electron chi connectivity index (χ3n) is 7.44. The van der Waals surface area contributed by atoms with Crippen molar-refractivity contribution >= 4 is 11.9 Å². The molecule has 208 valence electrons. The molecule has 2 N–H and O–H groups in total. The average Bonchev–Trinajstić information content (AvgIpc) is 3.59. The summed E-state index contributed by atoms with van der Waals surface area (Å²) in [7, 11) is 1.60. The van der Waals surface area contributed by atoms with Gasteiger partial charge in [0.05, 0.1) is 24.9 Å². The highest BCUT2D eigenvalue weighted by molar-refractivity contribution is 5.87. The van der Waals surface area contributed by atoms with Crippen molar-refractivity contribution in [3.05, 3.63) is 36.0 Å². The number of carbonyl (C=O) groups excluding carboxylic acids is 2. The molecule has 0 radical (unpaired) electrons. The fraction of sp³-hybridized carbons (Fsp3) is 0.714. The monoisotopic (exact) mass is 521 g/mol. The lowest BCUT2D eigenvalue weighted by Gasteiger charge is -2.42. The highest BCUT2D eigenvalue weighted by atomic mass is 16.7. The van der Waals surface area contributed by atoms with E-state index in [0.29, 0.717) is 13.0 Å². The number of nitrogens with one attached hydrogen (secondary N) is 1. The number of ether oxygens (including phenoxy) is 5. The van der Waals surface area contributed by atoms with Crippen LogP contribution in [0.25, 0.3) is 0 Å². The molecule has 0 bridgehead atoms. The van der Waals surface area contributed by atoms with Gasteiger partial charge >= 0.3 is 5.97 Å². The molecule has 0 saturated carbocycles. The van der Waals surface area contributed by atoms with Gasteiger partial charge in [0.15, 0.2) is 5.79 Å². The summed E-state index contributed by atoms with van der Waals surface area (Å²) in [6.07, 6.45) is 9.09. The summed E-state index contributed by atoms with van der Waals surface area (Å²) in [4.78, 5) is 23.3. The van der Waals surface area contributed by atoms with E-state index in [1.165, 1.54) is 13.0 Å². The molecule has 3 aliphatic heterocycles. The lowest BCUT2D eigenvalue weighted by Crippen LogP contribution is -2.55. The van der Waals surface area contributed by atoms with Crippen molar-refractivity contribution in [2.45, 2.75) is 109 Å². The first kappa shape index (κ1) is 29.5. The minimum atomic E-state index is -0.799. The van der Waals surface area contributed by atoms with Crippen LogP contribution in [0.1, 0.15) is 60.8 Å². The molecular formula is C28H43NO8. The zero-order valence-corrected chi connectivity index (χ0v) is 23.1. The molecule has 0 unspecified atom stereocenters. The van der Waals surface area contributed by atoms with Gasteiger partial charge in [-0.2, -0.15) is 0 Å². The summed E-state index contributed by atoms with van der Waals surface area (Å²) in [6, 6.07) is -0.102. The second kappa shape index (κ2) is 12.2. The van der Waals surface area contributed by atoms with Crippen molar-refractivity contribution in [1.82, 2.24) is 5.32 Å². The number of esters is 1. The van der Waals surface area contributed by atoms with E-state index in [2.05, 4.69) is 18.3 Å². The normalized spacial score (nSPS) is 39.2. The highest BCUT2D eigenvalue weighted by Crippen LogP contribution is 2.46. The largest absolute Gasteiger partial charge is 0.459 e. The summed E-state index contributed by atoms with van der Waals surface area (Å²) < 4.78 is 28.4. The van der Waals surface area contributed by atoms with Gasteiger partial charge in [-0.1, -0.05) is 30.7 Å². The molecule has 1 spiro atoms. The number of amides is 1. The van der Waals surface area contributed by atoms with Gasteiger partial charge in [0.1, 0.15) is 23.9 Å². The van der Waals surface area contributed by atoms with Gasteiger partial charge in [0.2, 0.25) is 5.91 Å². The molecule has 9 atom stereocenters. The molecule has 37 heavy (non-hydrogen) atoms. The molecule has 0 aromatic heterocycles. The Kier molecular flexibility index (Phi) is 9.74. The molecule has 3 saturated heterocycles. The van der Waals surface area contributed by atoms with Crippen molar-refractivity contribution in [2.24, 2.45) is 5.92 Å². The standard InChI is InChI=1S/C28H43NO8/c1-17(9-12-24-26(32)28(16-34-28)15-27(6,33-7)37-24)8-11-23-18(2)14-22(20(4)36-23)29-25(31)13-10-19(3)35-21(5)30/h8-10,12-13,18-20,22-24,26,32H,11,14-16H2,1-7H3,(H,29,31)/b12-9+,13-10?,17-8+/t18-,19-,20+,22+,23-,24+,26+,27-,28+/m0/s1. The van der Waals surface area contributed by atoms with Gasteiger partial charge < -0.3 is 34.1 Å². The van der Waals surface area contributed by atoms with Crippen molar-refractivity contribution < 1.29 is 38.4 Å². The number of aliphatic hydroxyl groups excluding tert-OH is 1. The Labute approximate surface area is 220 Å². The van der Waals surface area contributed by atoms with Crippen LogP contribution in [0.4, 0.5) is 0 Å². The van der Waals surface area contributed by atoms with Gasteiger partial charge in [-0.3, -0.25) is 9.59 Å². The molecule has 0 aromatic rings. The summed E-state index contributed by atoms with van der Waals surface area (Å²) in [5, 5.41) is 13.7. The van der Waals surface area contributed by atoms with E-state index in [-0.39, 0.29) is 36.0 Å². The van der Waals surface area contributed by atoms with Crippen LogP contribution < -0.4 is 5.32 Å². The van der Waals surface area contributed by atoms with E-state index in [0.717, 1.165) is 18.4 Å². The molecular weight excluding hydrogens is 478 g/mol. The number of methoxy groups -OCH3 is 1. The molecule has 9 nitrogen and oxygen atoms in total. The van der Waals surface area contributed by atoms with Gasteiger partial charge in [0.25, 0.3) is 0 Å². The van der Waals surface area contributed by atoms with E-state index in [4.69, 9.17) is 23.7 Å². The number of aliphatic hydroxyl groups is 1. The summed E-state index contributed by atoms with van der Waals surface area (Å²) >= 11 is 0. The Morgan fingerprint density at radius 2 is 1.95 bits per heavy atom. The lowest BCUT2D eigenvalue weighted by atomic mass is 9.87. The number of epoxide rings is 1. The molecule has 0 aliphatic carbocycles. The number of hydrogen-bond acceptors (Lipinski definition) is 8. The van der Waals surface area contributed by atoms with Gasteiger partial charge in [-0.15, -0.1) is 0 Å². The summed E-state index contributed by atoms with van der Waals surface area (Å²) in [6.45, 7) is 11.5. The maximum Gasteiger partial charge on any atom is 0.303 e. The number of allylic oxidation sites excluding steroid dienone is 2. The predicted octanol–water partition coefficient (Wildman–Crippen LogP) is 2.97. The van der Waals surface area contributed by atoms with Crippen molar-refractivity contribution in [3.8, 4) is 0 Å². The van der Waals surface area contributed by atoms with E-state index in [1.54, 1.807) is 20.1 Å². The Morgan fingerprint density at radius 1 is 1.24 bits per heavy atom. The third-order valence-corrected chi connectivity index (χ3v) is 7.44. The third kappa shape index (κ3) is 7.97. The second-order valence-corrected chi connectivity index (χ2v) is 10.8. The van der Waals surface area contributed by atoms with Crippen LogP contribution in [0.15, 0.2) is 36.0 Å². The molecule has 9 heteroatoms. The lowest BCUT2D eigenvalue weighted by molar-refractivity contribution is -0.284. The fourth-order valence-corrected chi connectivity index (χ4v) is 5.06. The molecule has 3 rings (SSSR count). The van der Waals surface area contributed by atoms with Gasteiger partial charge in [0, 0.05) is 26.5 Å². The van der Waals surface area contributed by atoms with Gasteiger partial charge in [-0.25, -0.2) is 0 Å². The molecule has 3 fully saturated rings. The van der Waals surface area contributed by atoms with Crippen LogP contribution in [-0.2, 0) is 33.3 Å². The van der Waals surface area contributed by atoms with E-state index in [1.807, 2.05) is 32.9 Å². The minimum absolute atomic E-state index is 0.0301. The number of hydrogen-bond donors (Lipinski definition) is 2. The maximum absolute atomic E-state index is 12.3. The smallest absolute Gasteiger partial charge is 0.303 e. The quantitative estimate of drug-likeness (QED) is 0.206. The van der Waals surface area contributed by atoms with E-state index >= 15 is 0 Å². The molecule has 3 aliphatic rings. The molecule has 3 heterocycles. The number of rotatable bonds is 9. The van der Waals surface area contributed by atoms with Crippen molar-refractivity contribution in [2.75, 3.05) is 13.7 Å². The SMILES string of the molecule is CO[C@]1(C)C[C@@]2(CO2)[C@H](O)[C@@H](/C=C/C(C)=C/C[C@@H]2O[C@H](C)[C@H](NC(=O)C=C[C@H](C)OC(C)=O)C[C@@H]2C)O1. The first-order valence-corrected chi connectivity index (χ1v) is 13.1. The Hall–Kier alpha value is -2.04. The van der Waals surface area contributed by atoms with Gasteiger partial charge in [-0.05, 0) is 52.5 Å². The maximum atomic E-state index is 12.3.